The molecule has 23 heavy (non-hydrogen) atoms. The first-order valence-corrected chi connectivity index (χ1v) is 8.09. The zero-order valence-electron chi connectivity index (χ0n) is 13.3. The zero-order chi connectivity index (χ0) is 16.1. The lowest BCUT2D eigenvalue weighted by atomic mass is 10.1. The number of hydrogen-bond acceptors (Lipinski definition) is 4. The van der Waals surface area contributed by atoms with Crippen LogP contribution in [0, 0.1) is 11.3 Å². The molecule has 0 aliphatic carbocycles. The summed E-state index contributed by atoms with van der Waals surface area (Å²) in [4.78, 5) is 0. The smallest absolute Gasteiger partial charge is 0.174 e. The minimum absolute atomic E-state index is 0.526. The van der Waals surface area contributed by atoms with Gasteiger partial charge in [0.25, 0.3) is 0 Å². The van der Waals surface area contributed by atoms with Crippen molar-refractivity contribution >= 4 is 11.6 Å². The van der Waals surface area contributed by atoms with Crippen molar-refractivity contribution in [3.63, 3.8) is 0 Å². The second kappa shape index (κ2) is 7.10. The lowest BCUT2D eigenvalue weighted by Crippen LogP contribution is -2.05. The van der Waals surface area contributed by atoms with Crippen LogP contribution in [0.3, 0.4) is 0 Å². The van der Waals surface area contributed by atoms with E-state index in [4.69, 9.17) is 4.74 Å². The molecule has 1 aromatic carbocycles. The predicted octanol–water partition coefficient (Wildman–Crippen LogP) is 3.47. The fourth-order valence-corrected chi connectivity index (χ4v) is 2.87. The molecule has 0 saturated carbocycles. The van der Waals surface area contributed by atoms with Crippen LogP contribution in [0.2, 0.25) is 0 Å². The molecule has 5 heteroatoms. The molecule has 0 fully saturated rings. The van der Waals surface area contributed by atoms with E-state index in [1.165, 1.54) is 6.42 Å². The maximum absolute atomic E-state index is 9.61. The van der Waals surface area contributed by atoms with Gasteiger partial charge in [-0.3, -0.25) is 0 Å². The third kappa shape index (κ3) is 3.26. The number of aryl methyl sites for hydroxylation is 1. The van der Waals surface area contributed by atoms with Crippen molar-refractivity contribution in [2.45, 2.75) is 39.2 Å². The molecule has 0 saturated heterocycles. The fraction of sp³-hybridized carbons (Fsp3) is 0.389. The standard InChI is InChI=1S/C18H20N4O/c1-2-23-16-9-6-5-8-14(16)12-15(13-19)18-21-20-17-10-4-3-7-11-22(17)18/h5-6,8-9,12H,2-4,7,10-11H2,1H3/b15-12+. The molecule has 0 spiro atoms. The van der Waals surface area contributed by atoms with Gasteiger partial charge >= 0.3 is 0 Å². The van der Waals surface area contributed by atoms with E-state index in [0.717, 1.165) is 42.9 Å². The lowest BCUT2D eigenvalue weighted by molar-refractivity contribution is 0.339. The van der Waals surface area contributed by atoms with Crippen molar-refractivity contribution in [1.82, 2.24) is 14.8 Å². The molecule has 1 aliphatic rings. The summed E-state index contributed by atoms with van der Waals surface area (Å²) in [5.74, 6) is 2.42. The number of ether oxygens (including phenoxy) is 1. The molecule has 0 amide bonds. The van der Waals surface area contributed by atoms with E-state index in [9.17, 15) is 5.26 Å². The van der Waals surface area contributed by atoms with Crippen molar-refractivity contribution < 1.29 is 4.74 Å². The first-order chi connectivity index (χ1) is 11.3. The third-order valence-corrected chi connectivity index (χ3v) is 3.99. The van der Waals surface area contributed by atoms with Crippen LogP contribution in [-0.2, 0) is 13.0 Å². The minimum Gasteiger partial charge on any atom is -0.493 e. The van der Waals surface area contributed by atoms with E-state index in [2.05, 4.69) is 20.8 Å². The van der Waals surface area contributed by atoms with Gasteiger partial charge in [0.15, 0.2) is 5.82 Å². The molecule has 0 unspecified atom stereocenters. The Hall–Kier alpha value is -2.61. The number of allylic oxidation sites excluding steroid dienone is 1. The number of benzene rings is 1. The molecule has 5 nitrogen and oxygen atoms in total. The van der Waals surface area contributed by atoms with Crippen LogP contribution in [0.1, 0.15) is 43.4 Å². The number of nitrogens with zero attached hydrogens (tertiary/aromatic N) is 4. The predicted molar refractivity (Wildman–Crippen MR) is 88.7 cm³/mol. The number of fused-ring (bicyclic) bond motifs is 1. The van der Waals surface area contributed by atoms with E-state index in [-0.39, 0.29) is 0 Å². The molecule has 3 rings (SSSR count). The zero-order valence-corrected chi connectivity index (χ0v) is 13.3. The van der Waals surface area contributed by atoms with Gasteiger partial charge in [0.1, 0.15) is 17.6 Å². The molecule has 0 atom stereocenters. The van der Waals surface area contributed by atoms with Crippen LogP contribution in [0.5, 0.6) is 5.75 Å². The summed E-state index contributed by atoms with van der Waals surface area (Å²) in [6.07, 6.45) is 6.21. The Morgan fingerprint density at radius 2 is 2.17 bits per heavy atom. The largest absolute Gasteiger partial charge is 0.493 e. The van der Waals surface area contributed by atoms with Gasteiger partial charge in [-0.15, -0.1) is 10.2 Å². The SMILES string of the molecule is CCOc1ccccc1/C=C(\C#N)c1nnc2n1CCCCC2. The highest BCUT2D eigenvalue weighted by Gasteiger charge is 2.18. The first-order valence-electron chi connectivity index (χ1n) is 8.09. The topological polar surface area (TPSA) is 63.7 Å². The van der Waals surface area contributed by atoms with Crippen LogP contribution in [0.25, 0.3) is 11.6 Å². The van der Waals surface area contributed by atoms with Gasteiger partial charge in [0.2, 0.25) is 0 Å². The molecule has 118 valence electrons. The van der Waals surface area contributed by atoms with Crippen LogP contribution in [0.15, 0.2) is 24.3 Å². The highest BCUT2D eigenvalue weighted by molar-refractivity contribution is 5.88. The van der Waals surface area contributed by atoms with Crippen molar-refractivity contribution in [3.05, 3.63) is 41.5 Å². The average molecular weight is 308 g/mol. The lowest BCUT2D eigenvalue weighted by Gasteiger charge is -2.08. The van der Waals surface area contributed by atoms with Crippen LogP contribution >= 0.6 is 0 Å². The summed E-state index contributed by atoms with van der Waals surface area (Å²) in [6.45, 7) is 3.42. The summed E-state index contributed by atoms with van der Waals surface area (Å²) in [5.41, 5.74) is 1.41. The molecule has 1 aliphatic heterocycles. The highest BCUT2D eigenvalue weighted by atomic mass is 16.5. The van der Waals surface area contributed by atoms with Gasteiger partial charge in [-0.1, -0.05) is 24.6 Å². The van der Waals surface area contributed by atoms with Crippen molar-refractivity contribution in [2.24, 2.45) is 0 Å². The quantitative estimate of drug-likeness (QED) is 0.811. The molecule has 2 aromatic rings. The fourth-order valence-electron chi connectivity index (χ4n) is 2.87. The van der Waals surface area contributed by atoms with Crippen molar-refractivity contribution in [2.75, 3.05) is 6.61 Å². The van der Waals surface area contributed by atoms with Gasteiger partial charge in [-0.2, -0.15) is 5.26 Å². The van der Waals surface area contributed by atoms with Crippen LogP contribution < -0.4 is 4.74 Å². The second-order valence-electron chi connectivity index (χ2n) is 5.54. The van der Waals surface area contributed by atoms with Gasteiger partial charge in [-0.05, 0) is 31.9 Å². The summed E-state index contributed by atoms with van der Waals surface area (Å²) >= 11 is 0. The number of nitriles is 1. The minimum atomic E-state index is 0.526. The molecule has 0 bridgehead atoms. The highest BCUT2D eigenvalue weighted by Crippen LogP contribution is 2.25. The second-order valence-corrected chi connectivity index (χ2v) is 5.54. The summed E-state index contributed by atoms with van der Waals surface area (Å²) in [6, 6.07) is 10.00. The maximum atomic E-state index is 9.61. The van der Waals surface area contributed by atoms with Gasteiger partial charge in [-0.25, -0.2) is 0 Å². The van der Waals surface area contributed by atoms with Crippen molar-refractivity contribution in [3.8, 4) is 11.8 Å². The van der Waals surface area contributed by atoms with E-state index < -0.39 is 0 Å². The van der Waals surface area contributed by atoms with E-state index >= 15 is 0 Å². The summed E-state index contributed by atoms with van der Waals surface area (Å²) in [7, 11) is 0. The molecule has 1 aromatic heterocycles. The molecule has 2 heterocycles. The van der Waals surface area contributed by atoms with Crippen molar-refractivity contribution in [1.29, 1.82) is 5.26 Å². The van der Waals surface area contributed by atoms with Gasteiger partial charge < -0.3 is 9.30 Å². The Labute approximate surface area is 136 Å². The maximum Gasteiger partial charge on any atom is 0.174 e. The Bertz CT molecular complexity index is 755. The Morgan fingerprint density at radius 3 is 3.00 bits per heavy atom. The monoisotopic (exact) mass is 308 g/mol. The van der Waals surface area contributed by atoms with Crippen LogP contribution in [-0.4, -0.2) is 21.4 Å². The molecular formula is C18H20N4O. The number of rotatable bonds is 4. The summed E-state index contributed by atoms with van der Waals surface area (Å²) in [5, 5.41) is 18.2. The van der Waals surface area contributed by atoms with E-state index in [1.54, 1.807) is 0 Å². The summed E-state index contributed by atoms with van der Waals surface area (Å²) < 4.78 is 7.72. The number of hydrogen-bond donors (Lipinski definition) is 0. The van der Waals surface area contributed by atoms with E-state index in [0.29, 0.717) is 18.0 Å². The Balaban J connectivity index is 2.01. The number of para-hydroxylation sites is 1. The molecule has 0 radical (unpaired) electrons. The normalized spacial score (nSPS) is 14.7. The molecule has 0 N–H and O–H groups in total. The molecular weight excluding hydrogens is 288 g/mol. The van der Waals surface area contributed by atoms with Gasteiger partial charge in [0, 0.05) is 18.5 Å². The third-order valence-electron chi connectivity index (χ3n) is 3.99. The Morgan fingerprint density at radius 1 is 1.30 bits per heavy atom. The number of aromatic nitrogens is 3. The average Bonchev–Trinajstić information content (AvgIpc) is 2.82. The van der Waals surface area contributed by atoms with Gasteiger partial charge in [0.05, 0.1) is 12.2 Å². The Kier molecular flexibility index (Phi) is 4.72. The van der Waals surface area contributed by atoms with E-state index in [1.807, 2.05) is 37.3 Å². The van der Waals surface area contributed by atoms with Crippen LogP contribution in [0.4, 0.5) is 0 Å². The first kappa shape index (κ1) is 15.3.